The van der Waals surface area contributed by atoms with Crippen LogP contribution in [0.15, 0.2) is 22.7 Å². The molecule has 0 saturated heterocycles. The summed E-state index contributed by atoms with van der Waals surface area (Å²) in [5, 5.41) is 4.09. The van der Waals surface area contributed by atoms with E-state index in [1.165, 1.54) is 5.56 Å². The number of hydrogen-bond donors (Lipinski definition) is 1. The molecule has 0 aliphatic carbocycles. The SMILES string of the molecule is CNC(C)(C)Cc1cc(Br)ccc1Cl. The first kappa shape index (κ1) is 12.0. The van der Waals surface area contributed by atoms with Crippen molar-refractivity contribution in [1.82, 2.24) is 5.32 Å². The van der Waals surface area contributed by atoms with Crippen LogP contribution in [0.25, 0.3) is 0 Å². The maximum absolute atomic E-state index is 6.11. The summed E-state index contributed by atoms with van der Waals surface area (Å²) in [6.45, 7) is 4.31. The van der Waals surface area contributed by atoms with E-state index in [-0.39, 0.29) is 5.54 Å². The lowest BCUT2D eigenvalue weighted by Crippen LogP contribution is -2.38. The molecule has 1 aromatic rings. The summed E-state index contributed by atoms with van der Waals surface area (Å²) in [5.41, 5.74) is 1.24. The molecule has 0 aliphatic rings. The van der Waals surface area contributed by atoms with Crippen molar-refractivity contribution < 1.29 is 0 Å². The van der Waals surface area contributed by atoms with Crippen LogP contribution in [0.3, 0.4) is 0 Å². The van der Waals surface area contributed by atoms with Crippen LogP contribution in [0.1, 0.15) is 19.4 Å². The first-order chi connectivity index (χ1) is 6.44. The maximum Gasteiger partial charge on any atom is 0.0439 e. The molecule has 0 radical (unpaired) electrons. The summed E-state index contributed by atoms with van der Waals surface area (Å²) in [6.07, 6.45) is 0.918. The molecule has 0 bridgehead atoms. The Balaban J connectivity index is 2.91. The molecule has 0 aromatic heterocycles. The molecule has 0 unspecified atom stereocenters. The van der Waals surface area contributed by atoms with Crippen molar-refractivity contribution in [2.45, 2.75) is 25.8 Å². The summed E-state index contributed by atoms with van der Waals surface area (Å²) in [7, 11) is 1.96. The van der Waals surface area contributed by atoms with Gasteiger partial charge in [-0.25, -0.2) is 0 Å². The average molecular weight is 277 g/mol. The zero-order valence-corrected chi connectivity index (χ0v) is 11.0. The van der Waals surface area contributed by atoms with Gasteiger partial charge in [-0.15, -0.1) is 0 Å². The number of halogens is 2. The number of rotatable bonds is 3. The van der Waals surface area contributed by atoms with Crippen LogP contribution in [-0.2, 0) is 6.42 Å². The van der Waals surface area contributed by atoms with Gasteiger partial charge < -0.3 is 5.32 Å². The van der Waals surface area contributed by atoms with Gasteiger partial charge in [-0.2, -0.15) is 0 Å². The van der Waals surface area contributed by atoms with Crippen LogP contribution in [0, 0.1) is 0 Å². The highest BCUT2D eigenvalue weighted by molar-refractivity contribution is 9.10. The molecule has 1 nitrogen and oxygen atoms in total. The Morgan fingerprint density at radius 1 is 1.43 bits per heavy atom. The van der Waals surface area contributed by atoms with E-state index in [0.717, 1.165) is 15.9 Å². The van der Waals surface area contributed by atoms with Gasteiger partial charge in [0.05, 0.1) is 0 Å². The highest BCUT2D eigenvalue weighted by Crippen LogP contribution is 2.24. The molecular formula is C11H15BrClN. The van der Waals surface area contributed by atoms with E-state index in [0.29, 0.717) is 0 Å². The van der Waals surface area contributed by atoms with E-state index < -0.39 is 0 Å². The largest absolute Gasteiger partial charge is 0.314 e. The second kappa shape index (κ2) is 4.65. The molecule has 14 heavy (non-hydrogen) atoms. The van der Waals surface area contributed by atoms with Crippen molar-refractivity contribution >= 4 is 27.5 Å². The number of benzene rings is 1. The molecule has 3 heteroatoms. The molecule has 0 aliphatic heterocycles. The molecule has 0 fully saturated rings. The summed E-state index contributed by atoms with van der Waals surface area (Å²) in [6, 6.07) is 5.95. The number of likely N-dealkylation sites (N-methyl/N-ethyl adjacent to an activating group) is 1. The van der Waals surface area contributed by atoms with Crippen molar-refractivity contribution in [2.24, 2.45) is 0 Å². The zero-order valence-electron chi connectivity index (χ0n) is 8.70. The van der Waals surface area contributed by atoms with Gasteiger partial charge in [0.1, 0.15) is 0 Å². The molecular weight excluding hydrogens is 261 g/mol. The molecule has 1 aromatic carbocycles. The van der Waals surface area contributed by atoms with Crippen LogP contribution in [-0.4, -0.2) is 12.6 Å². The molecule has 78 valence electrons. The number of hydrogen-bond acceptors (Lipinski definition) is 1. The summed E-state index contributed by atoms with van der Waals surface area (Å²) < 4.78 is 1.07. The molecule has 1 rings (SSSR count). The van der Waals surface area contributed by atoms with E-state index in [1.807, 2.05) is 19.2 Å². The lowest BCUT2D eigenvalue weighted by atomic mass is 9.95. The van der Waals surface area contributed by atoms with Crippen LogP contribution in [0.4, 0.5) is 0 Å². The van der Waals surface area contributed by atoms with E-state index in [4.69, 9.17) is 11.6 Å². The Hall–Kier alpha value is -0.0500. The second-order valence-corrected chi connectivity index (χ2v) is 5.37. The summed E-state index contributed by atoms with van der Waals surface area (Å²) in [4.78, 5) is 0. The van der Waals surface area contributed by atoms with Gasteiger partial charge >= 0.3 is 0 Å². The van der Waals surface area contributed by atoms with E-state index in [2.05, 4.69) is 41.2 Å². The normalized spacial score (nSPS) is 11.8. The monoisotopic (exact) mass is 275 g/mol. The minimum atomic E-state index is 0.0738. The van der Waals surface area contributed by atoms with Gasteiger partial charge in [0.25, 0.3) is 0 Å². The van der Waals surface area contributed by atoms with Crippen LogP contribution in [0.2, 0.25) is 5.02 Å². The second-order valence-electron chi connectivity index (χ2n) is 4.05. The summed E-state index contributed by atoms with van der Waals surface area (Å²) in [5.74, 6) is 0. The summed E-state index contributed by atoms with van der Waals surface area (Å²) >= 11 is 9.56. The predicted octanol–water partition coefficient (Wildman–Crippen LogP) is 3.64. The predicted molar refractivity (Wildman–Crippen MR) is 66.0 cm³/mol. The molecule has 0 spiro atoms. The quantitative estimate of drug-likeness (QED) is 0.889. The van der Waals surface area contributed by atoms with Crippen LogP contribution in [0.5, 0.6) is 0 Å². The van der Waals surface area contributed by atoms with Gasteiger partial charge in [-0.1, -0.05) is 27.5 Å². The molecule has 0 saturated carbocycles. The van der Waals surface area contributed by atoms with Crippen molar-refractivity contribution in [3.63, 3.8) is 0 Å². The van der Waals surface area contributed by atoms with Crippen LogP contribution < -0.4 is 5.32 Å². The highest BCUT2D eigenvalue weighted by atomic mass is 79.9. The standard InChI is InChI=1S/C11H15BrClN/c1-11(2,14-3)7-8-6-9(12)4-5-10(8)13/h4-6,14H,7H2,1-3H3. The van der Waals surface area contributed by atoms with E-state index >= 15 is 0 Å². The van der Waals surface area contributed by atoms with Gasteiger partial charge in [-0.05, 0) is 51.1 Å². The van der Waals surface area contributed by atoms with Crippen molar-refractivity contribution in [2.75, 3.05) is 7.05 Å². The molecule has 1 N–H and O–H groups in total. The molecule has 0 atom stereocenters. The Morgan fingerprint density at radius 2 is 2.07 bits per heavy atom. The Labute approximate surface area is 99.0 Å². The topological polar surface area (TPSA) is 12.0 Å². The van der Waals surface area contributed by atoms with Crippen LogP contribution >= 0.6 is 27.5 Å². The average Bonchev–Trinajstić information content (AvgIpc) is 2.11. The Morgan fingerprint density at radius 3 is 2.64 bits per heavy atom. The van der Waals surface area contributed by atoms with Crippen molar-refractivity contribution in [3.8, 4) is 0 Å². The third-order valence-electron chi connectivity index (χ3n) is 2.32. The smallest absolute Gasteiger partial charge is 0.0439 e. The lowest BCUT2D eigenvalue weighted by Gasteiger charge is -2.24. The zero-order chi connectivity index (χ0) is 10.8. The van der Waals surface area contributed by atoms with Crippen molar-refractivity contribution in [1.29, 1.82) is 0 Å². The lowest BCUT2D eigenvalue weighted by molar-refractivity contribution is 0.422. The Bertz CT molecular complexity index is 323. The highest BCUT2D eigenvalue weighted by Gasteiger charge is 2.17. The van der Waals surface area contributed by atoms with E-state index in [1.54, 1.807) is 0 Å². The minimum Gasteiger partial charge on any atom is -0.314 e. The van der Waals surface area contributed by atoms with Gasteiger partial charge in [0.2, 0.25) is 0 Å². The fraction of sp³-hybridized carbons (Fsp3) is 0.455. The molecule has 0 heterocycles. The Kier molecular flexibility index (Phi) is 3.99. The minimum absolute atomic E-state index is 0.0738. The van der Waals surface area contributed by atoms with Gasteiger partial charge in [-0.3, -0.25) is 0 Å². The van der Waals surface area contributed by atoms with Crippen molar-refractivity contribution in [3.05, 3.63) is 33.3 Å². The molecule has 0 amide bonds. The third kappa shape index (κ3) is 3.26. The fourth-order valence-corrected chi connectivity index (χ4v) is 1.84. The third-order valence-corrected chi connectivity index (χ3v) is 3.18. The van der Waals surface area contributed by atoms with Gasteiger partial charge in [0, 0.05) is 15.0 Å². The maximum atomic E-state index is 6.11. The first-order valence-electron chi connectivity index (χ1n) is 4.57. The number of nitrogens with one attached hydrogen (secondary N) is 1. The first-order valence-corrected chi connectivity index (χ1v) is 5.74. The fourth-order valence-electron chi connectivity index (χ4n) is 1.24. The van der Waals surface area contributed by atoms with Gasteiger partial charge in [0.15, 0.2) is 0 Å². The van der Waals surface area contributed by atoms with E-state index in [9.17, 15) is 0 Å².